The predicted molar refractivity (Wildman–Crippen MR) is 113 cm³/mol. The summed E-state index contributed by atoms with van der Waals surface area (Å²) in [6, 6.07) is 18.3. The van der Waals surface area contributed by atoms with Crippen molar-refractivity contribution in [2.75, 3.05) is 5.32 Å². The smallest absolute Gasteiger partial charge is 0.271 e. The molecule has 0 saturated carbocycles. The number of nitrogens with zero attached hydrogens (tertiary/aromatic N) is 3. The van der Waals surface area contributed by atoms with Crippen molar-refractivity contribution < 1.29 is 14.1 Å². The lowest BCUT2D eigenvalue weighted by atomic mass is 10.2. The first-order valence-electron chi connectivity index (χ1n) is 8.67. The van der Waals surface area contributed by atoms with Crippen molar-refractivity contribution in [1.82, 2.24) is 4.98 Å². The molecule has 2 aromatic carbocycles. The highest BCUT2D eigenvalue weighted by molar-refractivity contribution is 7.21. The maximum Gasteiger partial charge on any atom is 0.271 e. The minimum atomic E-state index is -0.698. The number of nitrogens with one attached hydrogen (secondary N) is 1. The lowest BCUT2D eigenvalue weighted by Gasteiger charge is -2.03. The zero-order valence-electron chi connectivity index (χ0n) is 15.2. The fourth-order valence-corrected chi connectivity index (χ4v) is 3.64. The summed E-state index contributed by atoms with van der Waals surface area (Å²) in [6.07, 6.45) is 1.31. The van der Waals surface area contributed by atoms with Crippen molar-refractivity contribution in [3.63, 3.8) is 0 Å². The van der Waals surface area contributed by atoms with Crippen molar-refractivity contribution >= 4 is 44.9 Å². The Hall–Kier alpha value is -4.29. The average molecular weight is 416 g/mol. The van der Waals surface area contributed by atoms with Crippen molar-refractivity contribution in [3.8, 4) is 16.8 Å². The van der Waals surface area contributed by atoms with Gasteiger partial charge in [0.05, 0.1) is 15.1 Å². The van der Waals surface area contributed by atoms with Crippen LogP contribution in [0.3, 0.4) is 0 Å². The Kier molecular flexibility index (Phi) is 5.07. The topological polar surface area (TPSA) is 122 Å². The van der Waals surface area contributed by atoms with Crippen LogP contribution >= 0.6 is 11.3 Å². The molecule has 146 valence electrons. The van der Waals surface area contributed by atoms with E-state index >= 15 is 0 Å². The van der Waals surface area contributed by atoms with E-state index in [9.17, 15) is 20.2 Å². The van der Waals surface area contributed by atoms with Crippen LogP contribution in [0.15, 0.2) is 70.7 Å². The third kappa shape index (κ3) is 3.94. The summed E-state index contributed by atoms with van der Waals surface area (Å²) in [6.45, 7) is 0. The summed E-state index contributed by atoms with van der Waals surface area (Å²) >= 11 is 1.48. The van der Waals surface area contributed by atoms with Crippen LogP contribution < -0.4 is 5.32 Å². The number of anilines is 1. The average Bonchev–Trinajstić information content (AvgIpc) is 3.38. The van der Waals surface area contributed by atoms with Crippen LogP contribution in [0.1, 0.15) is 5.76 Å². The second kappa shape index (κ2) is 7.98. The van der Waals surface area contributed by atoms with Gasteiger partial charge in [-0.25, -0.2) is 4.98 Å². The first-order chi connectivity index (χ1) is 14.5. The summed E-state index contributed by atoms with van der Waals surface area (Å²) in [5.41, 5.74) is 0.707. The number of non-ortho nitro benzene ring substituents is 1. The van der Waals surface area contributed by atoms with Gasteiger partial charge in [0.25, 0.3) is 11.6 Å². The zero-order valence-corrected chi connectivity index (χ0v) is 16.1. The largest absolute Gasteiger partial charge is 0.454 e. The molecule has 0 spiro atoms. The van der Waals surface area contributed by atoms with E-state index in [1.165, 1.54) is 41.7 Å². The van der Waals surface area contributed by atoms with Crippen LogP contribution in [-0.4, -0.2) is 15.8 Å². The highest BCUT2D eigenvalue weighted by atomic mass is 32.1. The number of amides is 1. The molecule has 0 fully saturated rings. The van der Waals surface area contributed by atoms with Crippen LogP contribution in [0.5, 0.6) is 0 Å². The zero-order chi connectivity index (χ0) is 21.1. The van der Waals surface area contributed by atoms with Gasteiger partial charge in [0.1, 0.15) is 17.4 Å². The van der Waals surface area contributed by atoms with Gasteiger partial charge in [-0.3, -0.25) is 14.9 Å². The van der Waals surface area contributed by atoms with Crippen LogP contribution in [0.25, 0.3) is 27.1 Å². The monoisotopic (exact) mass is 416 g/mol. The van der Waals surface area contributed by atoms with Crippen molar-refractivity contribution in [1.29, 1.82) is 5.26 Å². The normalized spacial score (nSPS) is 11.2. The van der Waals surface area contributed by atoms with Gasteiger partial charge in [0.15, 0.2) is 10.8 Å². The molecule has 0 aliphatic heterocycles. The Labute approximate surface area is 173 Å². The minimum Gasteiger partial charge on any atom is -0.454 e. The molecule has 1 N–H and O–H groups in total. The molecule has 0 aliphatic rings. The molecule has 4 aromatic rings. The van der Waals surface area contributed by atoms with Gasteiger partial charge in [0.2, 0.25) is 0 Å². The van der Waals surface area contributed by atoms with Crippen molar-refractivity contribution in [2.45, 2.75) is 0 Å². The lowest BCUT2D eigenvalue weighted by Crippen LogP contribution is -2.13. The molecule has 0 radical (unpaired) electrons. The maximum atomic E-state index is 12.4. The van der Waals surface area contributed by atoms with E-state index in [0.717, 1.165) is 10.2 Å². The number of thiazole rings is 1. The summed E-state index contributed by atoms with van der Waals surface area (Å²) in [5.74, 6) is 0.143. The Balaban J connectivity index is 1.55. The lowest BCUT2D eigenvalue weighted by molar-refractivity contribution is -0.384. The molecule has 0 aliphatic carbocycles. The number of rotatable bonds is 5. The molecular formula is C21H12N4O4S. The molecule has 0 unspecified atom stereocenters. The number of nitriles is 1. The Morgan fingerprint density at radius 1 is 1.20 bits per heavy atom. The van der Waals surface area contributed by atoms with Gasteiger partial charge in [-0.05, 0) is 30.3 Å². The second-order valence-corrected chi connectivity index (χ2v) is 7.15. The van der Waals surface area contributed by atoms with E-state index < -0.39 is 10.8 Å². The van der Waals surface area contributed by atoms with E-state index in [-0.39, 0.29) is 16.9 Å². The number of aromatic nitrogens is 1. The van der Waals surface area contributed by atoms with Crippen LogP contribution in [0.4, 0.5) is 11.4 Å². The summed E-state index contributed by atoms with van der Waals surface area (Å²) < 4.78 is 6.76. The number of nitro benzene ring substituents is 1. The number of fused-ring (bicyclic) bond motifs is 1. The van der Waals surface area contributed by atoms with Crippen LogP contribution in [-0.2, 0) is 4.79 Å². The van der Waals surface area contributed by atoms with Gasteiger partial charge in [0, 0.05) is 23.9 Å². The molecule has 0 atom stereocenters. The molecule has 4 rings (SSSR count). The third-order valence-electron chi connectivity index (χ3n) is 4.10. The standard InChI is InChI=1S/C21H12N4O4S/c22-12-13(20(26)23-14-4-3-5-15(11-14)25(27)28)10-16-8-9-18(29-16)21-24-17-6-1-2-7-19(17)30-21/h1-11H,(H,23,26). The number of hydrogen-bond donors (Lipinski definition) is 1. The minimum absolute atomic E-state index is 0.165. The van der Waals surface area contributed by atoms with Gasteiger partial charge >= 0.3 is 0 Å². The maximum absolute atomic E-state index is 12.4. The van der Waals surface area contributed by atoms with E-state index in [1.807, 2.05) is 30.3 Å². The Morgan fingerprint density at radius 3 is 2.80 bits per heavy atom. The quantitative estimate of drug-likeness (QED) is 0.211. The van der Waals surface area contributed by atoms with Gasteiger partial charge < -0.3 is 9.73 Å². The van der Waals surface area contributed by atoms with E-state index in [4.69, 9.17) is 4.42 Å². The molecule has 1 amide bonds. The fraction of sp³-hybridized carbons (Fsp3) is 0. The molecule has 2 heterocycles. The van der Waals surface area contributed by atoms with Gasteiger partial charge in [-0.2, -0.15) is 5.26 Å². The molecular weight excluding hydrogens is 404 g/mol. The van der Waals surface area contributed by atoms with Gasteiger partial charge in [-0.1, -0.05) is 18.2 Å². The van der Waals surface area contributed by atoms with E-state index in [0.29, 0.717) is 16.5 Å². The fourth-order valence-electron chi connectivity index (χ4n) is 2.71. The molecule has 9 heteroatoms. The van der Waals surface area contributed by atoms with Gasteiger partial charge in [-0.15, -0.1) is 11.3 Å². The van der Waals surface area contributed by atoms with Crippen LogP contribution in [0, 0.1) is 21.4 Å². The van der Waals surface area contributed by atoms with Crippen LogP contribution in [0.2, 0.25) is 0 Å². The number of nitro groups is 1. The van der Waals surface area contributed by atoms with Crippen molar-refractivity contribution in [2.24, 2.45) is 0 Å². The third-order valence-corrected chi connectivity index (χ3v) is 5.15. The number of furan rings is 1. The molecule has 30 heavy (non-hydrogen) atoms. The number of carbonyl (C=O) groups excluding carboxylic acids is 1. The summed E-state index contributed by atoms with van der Waals surface area (Å²) in [5, 5.41) is 23.4. The first kappa shape index (κ1) is 19.0. The number of para-hydroxylation sites is 1. The molecule has 2 aromatic heterocycles. The summed E-state index contributed by atoms with van der Waals surface area (Å²) in [4.78, 5) is 27.2. The highest BCUT2D eigenvalue weighted by Gasteiger charge is 2.14. The number of hydrogen-bond acceptors (Lipinski definition) is 7. The predicted octanol–water partition coefficient (Wildman–Crippen LogP) is 5.01. The number of carbonyl (C=O) groups is 1. The first-order valence-corrected chi connectivity index (χ1v) is 9.48. The molecule has 0 saturated heterocycles. The highest BCUT2D eigenvalue weighted by Crippen LogP contribution is 2.31. The Morgan fingerprint density at radius 2 is 2.03 bits per heavy atom. The molecule has 0 bridgehead atoms. The summed E-state index contributed by atoms with van der Waals surface area (Å²) in [7, 11) is 0. The van der Waals surface area contributed by atoms with E-state index in [2.05, 4.69) is 10.3 Å². The number of benzene rings is 2. The van der Waals surface area contributed by atoms with E-state index in [1.54, 1.807) is 12.1 Å². The van der Waals surface area contributed by atoms with Crippen molar-refractivity contribution in [3.05, 3.63) is 82.1 Å². The molecule has 8 nitrogen and oxygen atoms in total. The Bertz CT molecular complexity index is 1310. The SMILES string of the molecule is N#CC(=Cc1ccc(-c2nc3ccccc3s2)o1)C(=O)Nc1cccc([N+](=O)[O-])c1. The second-order valence-electron chi connectivity index (χ2n) is 6.12.